The summed E-state index contributed by atoms with van der Waals surface area (Å²) in [6.07, 6.45) is 2.57. The molecule has 0 heterocycles. The van der Waals surface area contributed by atoms with E-state index >= 15 is 0 Å². The van der Waals surface area contributed by atoms with E-state index in [1.54, 1.807) is 0 Å². The van der Waals surface area contributed by atoms with Crippen molar-refractivity contribution in [1.29, 1.82) is 0 Å². The molecule has 1 aliphatic rings. The highest BCUT2D eigenvalue weighted by Gasteiger charge is 2.28. The maximum Gasteiger partial charge on any atom is 0.0773 e. The molecule has 0 spiro atoms. The van der Waals surface area contributed by atoms with Gasteiger partial charge in [-0.3, -0.25) is 0 Å². The summed E-state index contributed by atoms with van der Waals surface area (Å²) in [7, 11) is 2.03. The summed E-state index contributed by atoms with van der Waals surface area (Å²) in [5.74, 6) is 0.602. The van der Waals surface area contributed by atoms with Gasteiger partial charge in [-0.15, -0.1) is 0 Å². The van der Waals surface area contributed by atoms with Crippen LogP contribution in [0.25, 0.3) is 0 Å². The van der Waals surface area contributed by atoms with Crippen LogP contribution in [0.2, 0.25) is 0 Å². The van der Waals surface area contributed by atoms with Crippen molar-refractivity contribution in [3.05, 3.63) is 35.4 Å². The molecule has 1 aliphatic carbocycles. The molecule has 2 nitrogen and oxygen atoms in total. The molecule has 1 aromatic carbocycles. The molecule has 2 atom stereocenters. The summed E-state index contributed by atoms with van der Waals surface area (Å²) in [6, 6.07) is 9.05. The first-order valence-electron chi connectivity index (χ1n) is 6.59. The fourth-order valence-electron chi connectivity index (χ4n) is 2.57. The van der Waals surface area contributed by atoms with Crippen LogP contribution in [0.3, 0.4) is 0 Å². The number of hydrogen-bond donors (Lipinski definition) is 1. The van der Waals surface area contributed by atoms with E-state index in [0.717, 1.165) is 19.4 Å². The van der Waals surface area contributed by atoms with Crippen molar-refractivity contribution in [2.45, 2.75) is 38.8 Å². The number of ether oxygens (including phenoxy) is 1. The molecule has 0 aliphatic heterocycles. The predicted molar refractivity (Wildman–Crippen MR) is 71.1 cm³/mol. The number of hydrogen-bond acceptors (Lipinski definition) is 2. The van der Waals surface area contributed by atoms with E-state index in [1.165, 1.54) is 11.1 Å². The monoisotopic (exact) mass is 233 g/mol. The zero-order chi connectivity index (χ0) is 12.3. The second kappa shape index (κ2) is 5.65. The van der Waals surface area contributed by atoms with Crippen LogP contribution in [0.1, 0.15) is 37.4 Å². The third-order valence-corrected chi connectivity index (χ3v) is 3.41. The summed E-state index contributed by atoms with van der Waals surface area (Å²) in [5.41, 5.74) is 2.88. The van der Waals surface area contributed by atoms with Crippen LogP contribution >= 0.6 is 0 Å². The lowest BCUT2D eigenvalue weighted by Gasteiger charge is -2.33. The Balaban J connectivity index is 2.12. The minimum atomic E-state index is 0.317. The van der Waals surface area contributed by atoms with Gasteiger partial charge in [0.05, 0.1) is 12.1 Å². The van der Waals surface area contributed by atoms with E-state index < -0.39 is 0 Å². The van der Waals surface area contributed by atoms with Gasteiger partial charge >= 0.3 is 0 Å². The summed E-state index contributed by atoms with van der Waals surface area (Å²) in [4.78, 5) is 0. The van der Waals surface area contributed by atoms with E-state index in [2.05, 4.69) is 43.4 Å². The van der Waals surface area contributed by atoms with Gasteiger partial charge in [-0.2, -0.15) is 0 Å². The van der Waals surface area contributed by atoms with Gasteiger partial charge in [0.1, 0.15) is 0 Å². The summed E-state index contributed by atoms with van der Waals surface area (Å²) < 4.78 is 6.04. The molecule has 94 valence electrons. The van der Waals surface area contributed by atoms with E-state index in [-0.39, 0.29) is 0 Å². The number of rotatable bonds is 4. The van der Waals surface area contributed by atoms with Gasteiger partial charge in [0.15, 0.2) is 0 Å². The topological polar surface area (TPSA) is 21.3 Å². The van der Waals surface area contributed by atoms with E-state index in [4.69, 9.17) is 4.74 Å². The maximum atomic E-state index is 6.04. The Labute approximate surface area is 104 Å². The molecule has 0 amide bonds. The first-order valence-corrected chi connectivity index (χ1v) is 6.59. The first-order chi connectivity index (χ1) is 8.22. The third-order valence-electron chi connectivity index (χ3n) is 3.41. The second-order valence-corrected chi connectivity index (χ2v) is 5.27. The minimum Gasteiger partial charge on any atom is -0.376 e. The molecule has 0 saturated heterocycles. The van der Waals surface area contributed by atoms with Gasteiger partial charge in [-0.05, 0) is 36.9 Å². The normalized spacial score (nSPS) is 23.8. The highest BCUT2D eigenvalue weighted by Crippen LogP contribution is 2.31. The standard InChI is InChI=1S/C15H23NO/c1-11(2)10-17-14-9-8-12-6-4-5-7-13(12)15(14)16-3/h4-7,11,14-16H,8-10H2,1-3H3. The number of benzene rings is 1. The van der Waals surface area contributed by atoms with Crippen LogP contribution in [-0.4, -0.2) is 19.8 Å². The van der Waals surface area contributed by atoms with Crippen LogP contribution < -0.4 is 5.32 Å². The van der Waals surface area contributed by atoms with Crippen molar-refractivity contribution < 1.29 is 4.74 Å². The van der Waals surface area contributed by atoms with E-state index in [9.17, 15) is 0 Å². The molecular formula is C15H23NO. The van der Waals surface area contributed by atoms with Crippen molar-refractivity contribution in [3.63, 3.8) is 0 Å². The Kier molecular flexibility index (Phi) is 4.19. The highest BCUT2D eigenvalue weighted by atomic mass is 16.5. The molecular weight excluding hydrogens is 210 g/mol. The minimum absolute atomic E-state index is 0.317. The van der Waals surface area contributed by atoms with Crippen molar-refractivity contribution >= 4 is 0 Å². The number of nitrogens with one attached hydrogen (secondary N) is 1. The molecule has 2 rings (SSSR count). The van der Waals surface area contributed by atoms with Crippen molar-refractivity contribution in [1.82, 2.24) is 5.32 Å². The molecule has 0 fully saturated rings. The second-order valence-electron chi connectivity index (χ2n) is 5.27. The molecule has 0 aromatic heterocycles. The number of likely N-dealkylation sites (N-methyl/N-ethyl adjacent to an activating group) is 1. The molecule has 17 heavy (non-hydrogen) atoms. The average molecular weight is 233 g/mol. The Bertz CT molecular complexity index is 362. The molecule has 0 radical (unpaired) electrons. The Hall–Kier alpha value is -0.860. The van der Waals surface area contributed by atoms with Crippen LogP contribution in [0.5, 0.6) is 0 Å². The lowest BCUT2D eigenvalue weighted by molar-refractivity contribution is 0.00350. The maximum absolute atomic E-state index is 6.04. The van der Waals surface area contributed by atoms with Crippen LogP contribution in [0.4, 0.5) is 0 Å². The van der Waals surface area contributed by atoms with Crippen molar-refractivity contribution in [3.8, 4) is 0 Å². The summed E-state index contributed by atoms with van der Waals surface area (Å²) in [6.45, 7) is 5.25. The molecule has 0 bridgehead atoms. The third kappa shape index (κ3) is 2.88. The van der Waals surface area contributed by atoms with Crippen LogP contribution in [0, 0.1) is 5.92 Å². The fraction of sp³-hybridized carbons (Fsp3) is 0.600. The van der Waals surface area contributed by atoms with Crippen LogP contribution in [0.15, 0.2) is 24.3 Å². The SMILES string of the molecule is CNC1c2ccccc2CCC1OCC(C)C. The molecule has 1 aromatic rings. The zero-order valence-corrected chi connectivity index (χ0v) is 11.1. The van der Waals surface area contributed by atoms with Crippen molar-refractivity contribution in [2.24, 2.45) is 5.92 Å². The highest BCUT2D eigenvalue weighted by molar-refractivity contribution is 5.33. The molecule has 2 unspecified atom stereocenters. The predicted octanol–water partition coefficient (Wildman–Crippen LogP) is 2.93. The van der Waals surface area contributed by atoms with Gasteiger partial charge < -0.3 is 10.1 Å². The lowest BCUT2D eigenvalue weighted by atomic mass is 9.85. The van der Waals surface area contributed by atoms with Gasteiger partial charge in [0, 0.05) is 6.61 Å². The Morgan fingerprint density at radius 2 is 2.12 bits per heavy atom. The van der Waals surface area contributed by atoms with Gasteiger partial charge in [0.2, 0.25) is 0 Å². The van der Waals surface area contributed by atoms with Gasteiger partial charge in [-0.1, -0.05) is 38.1 Å². The van der Waals surface area contributed by atoms with E-state index in [0.29, 0.717) is 18.1 Å². The summed E-state index contributed by atoms with van der Waals surface area (Å²) in [5, 5.41) is 3.41. The van der Waals surface area contributed by atoms with Gasteiger partial charge in [0.25, 0.3) is 0 Å². The van der Waals surface area contributed by atoms with Crippen molar-refractivity contribution in [2.75, 3.05) is 13.7 Å². The summed E-state index contributed by atoms with van der Waals surface area (Å²) >= 11 is 0. The Morgan fingerprint density at radius 3 is 2.82 bits per heavy atom. The molecule has 2 heteroatoms. The smallest absolute Gasteiger partial charge is 0.0773 e. The van der Waals surface area contributed by atoms with E-state index in [1.807, 2.05) is 7.05 Å². The first kappa shape index (κ1) is 12.6. The van der Waals surface area contributed by atoms with Crippen LogP contribution in [-0.2, 0) is 11.2 Å². The molecule has 1 N–H and O–H groups in total. The lowest BCUT2D eigenvalue weighted by Crippen LogP contribution is -2.36. The Morgan fingerprint density at radius 1 is 1.35 bits per heavy atom. The zero-order valence-electron chi connectivity index (χ0n) is 11.1. The fourth-order valence-corrected chi connectivity index (χ4v) is 2.57. The number of aryl methyl sites for hydroxylation is 1. The van der Waals surface area contributed by atoms with Gasteiger partial charge in [-0.25, -0.2) is 0 Å². The number of fused-ring (bicyclic) bond motifs is 1. The largest absolute Gasteiger partial charge is 0.376 e. The molecule has 0 saturated carbocycles. The quantitative estimate of drug-likeness (QED) is 0.863. The average Bonchev–Trinajstić information content (AvgIpc) is 2.35.